The number of nitrogens with one attached hydrogen (secondary N) is 1. The molecule has 0 bridgehead atoms. The number of benzene rings is 2. The lowest BCUT2D eigenvalue weighted by Crippen LogP contribution is -2.17. The van der Waals surface area contributed by atoms with Gasteiger partial charge in [0, 0.05) is 23.7 Å². The molecule has 1 N–H and O–H groups in total. The van der Waals surface area contributed by atoms with Crippen molar-refractivity contribution in [1.29, 1.82) is 0 Å². The fraction of sp³-hybridized carbons (Fsp3) is 0.167. The summed E-state index contributed by atoms with van der Waals surface area (Å²) in [5.41, 5.74) is -2.76. The van der Waals surface area contributed by atoms with Gasteiger partial charge in [0.15, 0.2) is 0 Å². The van der Waals surface area contributed by atoms with Crippen molar-refractivity contribution in [2.75, 3.05) is 7.05 Å². The highest BCUT2D eigenvalue weighted by Crippen LogP contribution is 2.37. The quantitative estimate of drug-likeness (QED) is 0.640. The third-order valence-electron chi connectivity index (χ3n) is 3.96. The zero-order valence-electron chi connectivity index (χ0n) is 15.0. The van der Waals surface area contributed by atoms with E-state index in [0.29, 0.717) is 23.3 Å². The van der Waals surface area contributed by atoms with Crippen LogP contribution in [0.15, 0.2) is 42.5 Å². The molecule has 30 heavy (non-hydrogen) atoms. The van der Waals surface area contributed by atoms with Gasteiger partial charge < -0.3 is 5.32 Å². The molecule has 0 aliphatic rings. The van der Waals surface area contributed by atoms with Crippen LogP contribution < -0.4 is 5.32 Å². The first kappa shape index (κ1) is 21.1. The Morgan fingerprint density at radius 1 is 0.733 bits per heavy atom. The average molecular weight is 427 g/mol. The molecule has 2 aromatic carbocycles. The number of nitrogens with zero attached hydrogens (tertiary/aromatic N) is 4. The van der Waals surface area contributed by atoms with Crippen molar-refractivity contribution in [2.45, 2.75) is 12.4 Å². The van der Waals surface area contributed by atoms with E-state index in [9.17, 15) is 31.1 Å². The second-order valence-corrected chi connectivity index (χ2v) is 6.00. The number of carbonyl (C=O) groups excluding carboxylic acids is 1. The number of rotatable bonds is 3. The van der Waals surface area contributed by atoms with Gasteiger partial charge in [-0.1, -0.05) is 12.1 Å². The molecule has 6 nitrogen and oxygen atoms in total. The maximum atomic E-state index is 13.0. The Labute approximate surface area is 165 Å². The Balaban J connectivity index is 1.97. The minimum absolute atomic E-state index is 0.00668. The molecule has 0 radical (unpaired) electrons. The topological polar surface area (TPSA) is 80.7 Å². The van der Waals surface area contributed by atoms with Crippen molar-refractivity contribution < 1.29 is 31.1 Å². The van der Waals surface area contributed by atoms with Crippen LogP contribution in [0.2, 0.25) is 0 Å². The van der Waals surface area contributed by atoms with E-state index < -0.39 is 34.9 Å². The second kappa shape index (κ2) is 7.69. The standard InChI is InChI=1S/C18H11F6N5O/c1-25-16(30)10-4-2-9(3-5-10)14-26-28-15(29-27-14)11-6-12(17(19,20)21)8-13(7-11)18(22,23)24/h2-8H,1H3,(H,25,30). The lowest BCUT2D eigenvalue weighted by atomic mass is 10.0. The molecule has 0 fully saturated rings. The number of alkyl halides is 6. The van der Waals surface area contributed by atoms with Gasteiger partial charge in [0.05, 0.1) is 11.1 Å². The van der Waals surface area contributed by atoms with Crippen LogP contribution in [0.1, 0.15) is 21.5 Å². The van der Waals surface area contributed by atoms with Gasteiger partial charge >= 0.3 is 12.4 Å². The molecular formula is C18H11F6N5O. The summed E-state index contributed by atoms with van der Waals surface area (Å²) in [5.74, 6) is -0.846. The molecule has 12 heteroatoms. The third-order valence-corrected chi connectivity index (χ3v) is 3.96. The zero-order chi connectivity index (χ0) is 22.1. The Kier molecular flexibility index (Phi) is 5.42. The fourth-order valence-corrected chi connectivity index (χ4v) is 2.46. The zero-order valence-corrected chi connectivity index (χ0v) is 15.0. The van der Waals surface area contributed by atoms with Crippen LogP contribution in [0.25, 0.3) is 22.8 Å². The van der Waals surface area contributed by atoms with Gasteiger partial charge in [0.1, 0.15) is 0 Å². The van der Waals surface area contributed by atoms with Crippen LogP contribution in [0.5, 0.6) is 0 Å². The van der Waals surface area contributed by atoms with E-state index in [1.165, 1.54) is 31.3 Å². The summed E-state index contributed by atoms with van der Waals surface area (Å²) >= 11 is 0. The van der Waals surface area contributed by atoms with Crippen molar-refractivity contribution in [3.8, 4) is 22.8 Å². The smallest absolute Gasteiger partial charge is 0.355 e. The Morgan fingerprint density at radius 3 is 1.57 bits per heavy atom. The summed E-state index contributed by atoms with van der Waals surface area (Å²) in [7, 11) is 1.46. The molecule has 0 aliphatic heterocycles. The number of hydrogen-bond acceptors (Lipinski definition) is 5. The predicted molar refractivity (Wildman–Crippen MR) is 91.9 cm³/mol. The maximum Gasteiger partial charge on any atom is 0.416 e. The largest absolute Gasteiger partial charge is 0.416 e. The van der Waals surface area contributed by atoms with Crippen molar-refractivity contribution in [3.63, 3.8) is 0 Å². The van der Waals surface area contributed by atoms with E-state index in [1.54, 1.807) is 0 Å². The van der Waals surface area contributed by atoms with Gasteiger partial charge in [-0.05, 0) is 30.3 Å². The van der Waals surface area contributed by atoms with E-state index in [2.05, 4.69) is 25.7 Å². The first-order valence-electron chi connectivity index (χ1n) is 8.19. The van der Waals surface area contributed by atoms with Crippen molar-refractivity contribution in [1.82, 2.24) is 25.7 Å². The summed E-state index contributed by atoms with van der Waals surface area (Å²) < 4.78 is 77.9. The summed E-state index contributed by atoms with van der Waals surface area (Å²) in [4.78, 5) is 11.5. The first-order valence-corrected chi connectivity index (χ1v) is 8.19. The fourth-order valence-electron chi connectivity index (χ4n) is 2.46. The highest BCUT2D eigenvalue weighted by atomic mass is 19.4. The predicted octanol–water partition coefficient (Wildman–Crippen LogP) is 4.00. The SMILES string of the molecule is CNC(=O)c1ccc(-c2nnc(-c3cc(C(F)(F)F)cc(C(F)(F)F)c3)nn2)cc1. The molecule has 0 unspecified atom stereocenters. The van der Waals surface area contributed by atoms with Crippen molar-refractivity contribution in [2.24, 2.45) is 0 Å². The molecule has 0 atom stereocenters. The molecule has 0 saturated heterocycles. The maximum absolute atomic E-state index is 13.0. The number of amides is 1. The molecule has 0 saturated carbocycles. The number of hydrogen-bond donors (Lipinski definition) is 1. The van der Waals surface area contributed by atoms with Gasteiger partial charge in [0.25, 0.3) is 5.91 Å². The Morgan fingerprint density at radius 2 is 1.17 bits per heavy atom. The lowest BCUT2D eigenvalue weighted by molar-refractivity contribution is -0.143. The van der Waals surface area contributed by atoms with Gasteiger partial charge in [-0.25, -0.2) is 0 Å². The summed E-state index contributed by atoms with van der Waals surface area (Å²) in [6, 6.07) is 6.94. The number of halogens is 6. The molecular weight excluding hydrogens is 416 g/mol. The summed E-state index contributed by atoms with van der Waals surface area (Å²) in [6.07, 6.45) is -9.99. The number of carbonyl (C=O) groups is 1. The van der Waals surface area contributed by atoms with Crippen LogP contribution in [0.4, 0.5) is 26.3 Å². The molecule has 1 heterocycles. The van der Waals surface area contributed by atoms with E-state index in [0.717, 1.165) is 0 Å². The monoisotopic (exact) mass is 427 g/mol. The number of aromatic nitrogens is 4. The molecule has 3 aromatic rings. The van der Waals surface area contributed by atoms with Gasteiger partial charge in [-0.3, -0.25) is 4.79 Å². The molecule has 156 valence electrons. The van der Waals surface area contributed by atoms with Crippen LogP contribution >= 0.6 is 0 Å². The summed E-state index contributed by atoms with van der Waals surface area (Å²) in [6.45, 7) is 0. The van der Waals surface area contributed by atoms with Crippen molar-refractivity contribution in [3.05, 3.63) is 59.2 Å². The lowest BCUT2D eigenvalue weighted by Gasteiger charge is -2.13. The van der Waals surface area contributed by atoms with Gasteiger partial charge in [-0.15, -0.1) is 20.4 Å². The second-order valence-electron chi connectivity index (χ2n) is 6.00. The molecule has 1 aromatic heterocycles. The minimum atomic E-state index is -5.00. The molecule has 0 spiro atoms. The average Bonchev–Trinajstić information content (AvgIpc) is 2.72. The van der Waals surface area contributed by atoms with E-state index in [1.807, 2.05) is 0 Å². The minimum Gasteiger partial charge on any atom is -0.355 e. The molecule has 3 rings (SSSR count). The van der Waals surface area contributed by atoms with E-state index >= 15 is 0 Å². The molecule has 0 aliphatic carbocycles. The van der Waals surface area contributed by atoms with Crippen molar-refractivity contribution >= 4 is 5.91 Å². The van der Waals surface area contributed by atoms with Crippen LogP contribution in [0.3, 0.4) is 0 Å². The van der Waals surface area contributed by atoms with Gasteiger partial charge in [0.2, 0.25) is 11.6 Å². The van der Waals surface area contributed by atoms with Crippen LogP contribution in [-0.4, -0.2) is 33.3 Å². The van der Waals surface area contributed by atoms with E-state index in [-0.39, 0.29) is 17.8 Å². The highest BCUT2D eigenvalue weighted by molar-refractivity contribution is 5.94. The summed E-state index contributed by atoms with van der Waals surface area (Å²) in [5, 5.41) is 17.1. The Hall–Kier alpha value is -3.57. The van der Waals surface area contributed by atoms with E-state index in [4.69, 9.17) is 0 Å². The first-order chi connectivity index (χ1) is 14.0. The van der Waals surface area contributed by atoms with Gasteiger partial charge in [-0.2, -0.15) is 26.3 Å². The third kappa shape index (κ3) is 4.53. The highest BCUT2D eigenvalue weighted by Gasteiger charge is 2.37. The Bertz CT molecular complexity index is 1030. The molecule has 1 amide bonds. The van der Waals surface area contributed by atoms with Crippen LogP contribution in [0, 0.1) is 0 Å². The van der Waals surface area contributed by atoms with Crippen LogP contribution in [-0.2, 0) is 12.4 Å². The normalized spacial score (nSPS) is 12.0.